The number of hydrogen-bond acceptors (Lipinski definition) is 3. The van der Waals surface area contributed by atoms with E-state index in [0.717, 1.165) is 21.4 Å². The molecule has 3 aromatic rings. The molecule has 0 saturated carbocycles. The summed E-state index contributed by atoms with van der Waals surface area (Å²) < 4.78 is 2.98. The number of rotatable bonds is 2. The average molecular weight is 315 g/mol. The third kappa shape index (κ3) is 2.13. The summed E-state index contributed by atoms with van der Waals surface area (Å²) >= 11 is 3.55. The second-order valence-corrected chi connectivity index (χ2v) is 4.92. The summed E-state index contributed by atoms with van der Waals surface area (Å²) in [7, 11) is 0. The fourth-order valence-electron chi connectivity index (χ4n) is 1.95. The van der Waals surface area contributed by atoms with Gasteiger partial charge in [-0.15, -0.1) is 0 Å². The van der Waals surface area contributed by atoms with E-state index in [1.807, 2.05) is 28.8 Å². The molecule has 5 heteroatoms. The van der Waals surface area contributed by atoms with Crippen LogP contribution in [0.15, 0.2) is 59.7 Å². The third-order valence-corrected chi connectivity index (χ3v) is 3.55. The lowest BCUT2D eigenvalue weighted by molar-refractivity contribution is 1.05. The van der Waals surface area contributed by atoms with Crippen LogP contribution in [-0.2, 0) is 0 Å². The van der Waals surface area contributed by atoms with E-state index >= 15 is 0 Å². The van der Waals surface area contributed by atoms with Crippen LogP contribution in [0.2, 0.25) is 0 Å². The molecule has 2 heterocycles. The number of imidazole rings is 1. The molecule has 0 aliphatic rings. The number of nitrogens with two attached hydrogens (primary N) is 1. The van der Waals surface area contributed by atoms with Gasteiger partial charge in [-0.25, -0.2) is 4.98 Å². The second kappa shape index (κ2) is 4.85. The van der Waals surface area contributed by atoms with Crippen LogP contribution in [0, 0.1) is 0 Å². The Hall–Kier alpha value is -2.14. The molecule has 0 aliphatic heterocycles. The Bertz CT molecular complexity index is 661. The predicted octanol–water partition coefficient (Wildman–Crippen LogP) is 3.28. The first-order valence-electron chi connectivity index (χ1n) is 5.74. The van der Waals surface area contributed by atoms with Crippen LogP contribution >= 0.6 is 15.9 Å². The summed E-state index contributed by atoms with van der Waals surface area (Å²) in [6, 6.07) is 9.75. The monoisotopic (exact) mass is 314 g/mol. The molecule has 4 nitrogen and oxygen atoms in total. The standard InChI is InChI=1S/C14H11BrN4/c15-11-3-1-2-4-13(11)19-9-18-8-14(19)10-7-17-6-5-12(10)16/h1-9H,(H2,16,17). The molecular weight excluding hydrogens is 304 g/mol. The molecule has 0 radical (unpaired) electrons. The number of halogens is 1. The third-order valence-electron chi connectivity index (χ3n) is 2.88. The molecule has 0 bridgehead atoms. The lowest BCUT2D eigenvalue weighted by Crippen LogP contribution is -1.99. The van der Waals surface area contributed by atoms with Crippen molar-refractivity contribution in [3.05, 3.63) is 59.7 Å². The first kappa shape index (κ1) is 11.9. The summed E-state index contributed by atoms with van der Waals surface area (Å²) in [6.45, 7) is 0. The molecule has 0 fully saturated rings. The van der Waals surface area contributed by atoms with E-state index in [4.69, 9.17) is 5.73 Å². The predicted molar refractivity (Wildman–Crippen MR) is 78.9 cm³/mol. The van der Waals surface area contributed by atoms with Crippen molar-refractivity contribution in [2.75, 3.05) is 5.73 Å². The number of hydrogen-bond donors (Lipinski definition) is 1. The van der Waals surface area contributed by atoms with Gasteiger partial charge in [0.05, 0.1) is 23.9 Å². The van der Waals surface area contributed by atoms with E-state index in [2.05, 4.69) is 25.9 Å². The molecule has 2 N–H and O–H groups in total. The van der Waals surface area contributed by atoms with Crippen molar-refractivity contribution >= 4 is 21.6 Å². The Balaban J connectivity index is 2.20. The molecule has 0 unspecified atom stereocenters. The van der Waals surface area contributed by atoms with Gasteiger partial charge < -0.3 is 5.73 Å². The van der Waals surface area contributed by atoms with Crippen molar-refractivity contribution in [2.24, 2.45) is 0 Å². The molecular formula is C14H11BrN4. The van der Waals surface area contributed by atoms with Gasteiger partial charge in [0.1, 0.15) is 0 Å². The van der Waals surface area contributed by atoms with Gasteiger partial charge in [-0.05, 0) is 34.1 Å². The molecule has 94 valence electrons. The Labute approximate surface area is 119 Å². The minimum atomic E-state index is 0.684. The molecule has 19 heavy (non-hydrogen) atoms. The number of para-hydroxylation sites is 1. The van der Waals surface area contributed by atoms with Gasteiger partial charge in [-0.1, -0.05) is 12.1 Å². The maximum Gasteiger partial charge on any atom is 0.0997 e. The summed E-state index contributed by atoms with van der Waals surface area (Å²) in [5, 5.41) is 0. The zero-order chi connectivity index (χ0) is 13.2. The van der Waals surface area contributed by atoms with Crippen LogP contribution in [0.25, 0.3) is 16.9 Å². The fourth-order valence-corrected chi connectivity index (χ4v) is 2.43. The first-order chi connectivity index (χ1) is 9.27. The van der Waals surface area contributed by atoms with Crippen molar-refractivity contribution in [3.63, 3.8) is 0 Å². The molecule has 0 amide bonds. The van der Waals surface area contributed by atoms with E-state index in [9.17, 15) is 0 Å². The zero-order valence-electron chi connectivity index (χ0n) is 9.99. The molecule has 0 spiro atoms. The molecule has 3 rings (SSSR count). The van der Waals surface area contributed by atoms with Gasteiger partial charge in [0.15, 0.2) is 0 Å². The molecule has 2 aromatic heterocycles. The minimum Gasteiger partial charge on any atom is -0.398 e. The smallest absolute Gasteiger partial charge is 0.0997 e. The van der Waals surface area contributed by atoms with E-state index in [0.29, 0.717) is 5.69 Å². The number of nitrogens with zero attached hydrogens (tertiary/aromatic N) is 3. The van der Waals surface area contributed by atoms with E-state index in [1.165, 1.54) is 0 Å². The van der Waals surface area contributed by atoms with E-state index in [1.54, 1.807) is 31.0 Å². The molecule has 0 aliphatic carbocycles. The van der Waals surface area contributed by atoms with Gasteiger partial charge >= 0.3 is 0 Å². The normalized spacial score (nSPS) is 10.6. The highest BCUT2D eigenvalue weighted by atomic mass is 79.9. The number of benzene rings is 1. The Morgan fingerprint density at radius 2 is 1.89 bits per heavy atom. The lowest BCUT2D eigenvalue weighted by Gasteiger charge is -2.11. The number of aromatic nitrogens is 3. The summed E-state index contributed by atoms with van der Waals surface area (Å²) in [5.41, 5.74) is 9.49. The van der Waals surface area contributed by atoms with Crippen molar-refractivity contribution in [3.8, 4) is 16.9 Å². The highest BCUT2D eigenvalue weighted by Crippen LogP contribution is 2.29. The highest BCUT2D eigenvalue weighted by Gasteiger charge is 2.11. The topological polar surface area (TPSA) is 56.7 Å². The molecule has 0 atom stereocenters. The highest BCUT2D eigenvalue weighted by molar-refractivity contribution is 9.10. The van der Waals surface area contributed by atoms with Crippen LogP contribution in [0.4, 0.5) is 5.69 Å². The number of pyridine rings is 1. The number of anilines is 1. The second-order valence-electron chi connectivity index (χ2n) is 4.06. The van der Waals surface area contributed by atoms with Crippen LogP contribution in [-0.4, -0.2) is 14.5 Å². The fraction of sp³-hybridized carbons (Fsp3) is 0. The van der Waals surface area contributed by atoms with Gasteiger partial charge in [0.25, 0.3) is 0 Å². The van der Waals surface area contributed by atoms with E-state index in [-0.39, 0.29) is 0 Å². The average Bonchev–Trinajstić information content (AvgIpc) is 2.89. The van der Waals surface area contributed by atoms with Crippen LogP contribution in [0.5, 0.6) is 0 Å². The van der Waals surface area contributed by atoms with E-state index < -0.39 is 0 Å². The van der Waals surface area contributed by atoms with Gasteiger partial charge in [-0.2, -0.15) is 0 Å². The zero-order valence-corrected chi connectivity index (χ0v) is 11.6. The van der Waals surface area contributed by atoms with Crippen molar-refractivity contribution in [1.29, 1.82) is 0 Å². The van der Waals surface area contributed by atoms with Crippen molar-refractivity contribution < 1.29 is 0 Å². The van der Waals surface area contributed by atoms with Crippen molar-refractivity contribution in [2.45, 2.75) is 0 Å². The first-order valence-corrected chi connectivity index (χ1v) is 6.54. The van der Waals surface area contributed by atoms with Crippen LogP contribution < -0.4 is 5.73 Å². The minimum absolute atomic E-state index is 0.684. The maximum absolute atomic E-state index is 6.00. The van der Waals surface area contributed by atoms with Gasteiger partial charge in [0.2, 0.25) is 0 Å². The molecule has 0 saturated heterocycles. The summed E-state index contributed by atoms with van der Waals surface area (Å²) in [5.74, 6) is 0. The lowest BCUT2D eigenvalue weighted by atomic mass is 10.2. The Morgan fingerprint density at radius 3 is 2.68 bits per heavy atom. The van der Waals surface area contributed by atoms with Crippen LogP contribution in [0.3, 0.4) is 0 Å². The van der Waals surface area contributed by atoms with Gasteiger partial charge in [-0.3, -0.25) is 9.55 Å². The Kier molecular flexibility index (Phi) is 3.05. The largest absolute Gasteiger partial charge is 0.398 e. The number of nitrogen functional groups attached to an aromatic ring is 1. The molecule has 1 aromatic carbocycles. The van der Waals surface area contributed by atoms with Gasteiger partial charge in [0, 0.05) is 28.1 Å². The summed E-state index contributed by atoms with van der Waals surface area (Å²) in [4.78, 5) is 8.34. The SMILES string of the molecule is Nc1ccncc1-c1cncn1-c1ccccc1Br. The maximum atomic E-state index is 6.00. The summed E-state index contributed by atoms with van der Waals surface area (Å²) in [6.07, 6.45) is 6.98. The quantitative estimate of drug-likeness (QED) is 0.789. The van der Waals surface area contributed by atoms with Crippen LogP contribution in [0.1, 0.15) is 0 Å². The van der Waals surface area contributed by atoms with Crippen molar-refractivity contribution in [1.82, 2.24) is 14.5 Å². The Morgan fingerprint density at radius 1 is 1.05 bits per heavy atom.